The Balaban J connectivity index is 1.31. The minimum absolute atomic E-state index is 0.00712. The van der Waals surface area contributed by atoms with Crippen molar-refractivity contribution in [2.75, 3.05) is 39.8 Å². The van der Waals surface area contributed by atoms with Crippen molar-refractivity contribution in [3.05, 3.63) is 29.8 Å². The number of carbonyl (C=O) groups excluding carboxylic acids is 2. The molecule has 3 aliphatic heterocycles. The number of carbonyl (C=O) groups is 2. The van der Waals surface area contributed by atoms with E-state index < -0.39 is 5.54 Å². The third-order valence-corrected chi connectivity index (χ3v) is 7.01. The summed E-state index contributed by atoms with van der Waals surface area (Å²) in [4.78, 5) is 32.5. The molecule has 3 aliphatic rings. The van der Waals surface area contributed by atoms with Crippen LogP contribution in [0.15, 0.2) is 24.3 Å². The molecule has 3 amide bonds. The molecule has 3 saturated heterocycles. The Hall–Kier alpha value is -2.12. The lowest BCUT2D eigenvalue weighted by Crippen LogP contribution is -2.56. The molecule has 7 nitrogen and oxygen atoms in total. The number of benzene rings is 1. The number of hydrogen-bond acceptors (Lipinski definition) is 5. The van der Waals surface area contributed by atoms with Crippen molar-refractivity contribution < 1.29 is 14.3 Å². The van der Waals surface area contributed by atoms with Gasteiger partial charge in [0, 0.05) is 45.3 Å². The Morgan fingerprint density at radius 1 is 1.03 bits per heavy atom. The summed E-state index contributed by atoms with van der Waals surface area (Å²) in [5.41, 5.74) is 0.575. The fourth-order valence-corrected chi connectivity index (χ4v) is 5.27. The van der Waals surface area contributed by atoms with Crippen molar-refractivity contribution >= 4 is 11.9 Å². The maximum Gasteiger partial charge on any atom is 0.325 e. The van der Waals surface area contributed by atoms with Gasteiger partial charge in [0.25, 0.3) is 5.91 Å². The maximum atomic E-state index is 13.4. The maximum absolute atomic E-state index is 13.4. The number of hydrogen-bond donors (Lipinski definition) is 1. The smallest absolute Gasteiger partial charge is 0.325 e. The summed E-state index contributed by atoms with van der Waals surface area (Å²) in [5.74, 6) is 1.49. The van der Waals surface area contributed by atoms with Gasteiger partial charge in [-0.25, -0.2) is 4.79 Å². The predicted molar refractivity (Wildman–Crippen MR) is 120 cm³/mol. The average molecular weight is 429 g/mol. The van der Waals surface area contributed by atoms with Crippen LogP contribution in [0.4, 0.5) is 4.79 Å². The molecule has 0 unspecified atom stereocenters. The zero-order chi connectivity index (χ0) is 22.0. The monoisotopic (exact) mass is 428 g/mol. The summed E-state index contributed by atoms with van der Waals surface area (Å²) >= 11 is 0. The molecule has 0 radical (unpaired) electrons. The SMILES string of the molecule is COc1ccc(CN2CCC(N3C(=O)NC4(CCN(CC(C)C)CC4)C3=O)CC2)cc1. The number of likely N-dealkylation sites (tertiary alicyclic amines) is 2. The zero-order valence-corrected chi connectivity index (χ0v) is 19.1. The lowest BCUT2D eigenvalue weighted by Gasteiger charge is -2.39. The lowest BCUT2D eigenvalue weighted by molar-refractivity contribution is -0.135. The van der Waals surface area contributed by atoms with E-state index in [0.717, 1.165) is 70.7 Å². The second kappa shape index (κ2) is 9.17. The van der Waals surface area contributed by atoms with E-state index in [2.05, 4.69) is 41.1 Å². The van der Waals surface area contributed by atoms with Crippen molar-refractivity contribution in [2.45, 2.75) is 57.7 Å². The Morgan fingerprint density at radius 2 is 1.68 bits per heavy atom. The molecular weight excluding hydrogens is 392 g/mol. The van der Waals surface area contributed by atoms with Gasteiger partial charge in [0.15, 0.2) is 0 Å². The van der Waals surface area contributed by atoms with Gasteiger partial charge >= 0.3 is 6.03 Å². The average Bonchev–Trinajstić information content (AvgIpc) is 3.00. The first-order chi connectivity index (χ1) is 14.9. The normalized spacial score (nSPS) is 23.0. The van der Waals surface area contributed by atoms with Gasteiger partial charge in [-0.05, 0) is 49.3 Å². The van der Waals surface area contributed by atoms with Crippen LogP contribution in [0.25, 0.3) is 0 Å². The Bertz CT molecular complexity index is 779. The van der Waals surface area contributed by atoms with E-state index in [1.165, 1.54) is 5.56 Å². The van der Waals surface area contributed by atoms with Crippen LogP contribution in [0.2, 0.25) is 0 Å². The third kappa shape index (κ3) is 4.72. The fraction of sp³-hybridized carbons (Fsp3) is 0.667. The molecule has 170 valence electrons. The number of imide groups is 1. The van der Waals surface area contributed by atoms with Crippen LogP contribution in [0, 0.1) is 5.92 Å². The Labute approximate surface area is 185 Å². The van der Waals surface area contributed by atoms with Gasteiger partial charge < -0.3 is 15.0 Å². The van der Waals surface area contributed by atoms with Crippen molar-refractivity contribution in [1.29, 1.82) is 0 Å². The highest BCUT2D eigenvalue weighted by molar-refractivity contribution is 6.07. The number of methoxy groups -OCH3 is 1. The number of piperidine rings is 2. The van der Waals surface area contributed by atoms with E-state index >= 15 is 0 Å². The van der Waals surface area contributed by atoms with Crippen LogP contribution in [-0.4, -0.2) is 78.1 Å². The van der Waals surface area contributed by atoms with Crippen molar-refractivity contribution in [1.82, 2.24) is 20.0 Å². The fourth-order valence-electron chi connectivity index (χ4n) is 5.27. The van der Waals surface area contributed by atoms with Gasteiger partial charge in [-0.1, -0.05) is 26.0 Å². The number of rotatable bonds is 6. The number of nitrogens with zero attached hydrogens (tertiary/aromatic N) is 3. The van der Waals surface area contributed by atoms with Crippen molar-refractivity contribution in [2.24, 2.45) is 5.92 Å². The standard InChI is InChI=1S/C24H36N4O3/c1-18(2)16-27-14-10-24(11-15-27)22(29)28(23(30)25-24)20-8-12-26(13-9-20)17-19-4-6-21(31-3)7-5-19/h4-7,18,20H,8-17H2,1-3H3,(H,25,30). The number of amides is 3. The highest BCUT2D eigenvalue weighted by atomic mass is 16.5. The molecule has 31 heavy (non-hydrogen) atoms. The molecule has 1 aromatic rings. The first-order valence-corrected chi connectivity index (χ1v) is 11.6. The second-order valence-corrected chi connectivity index (χ2v) is 9.74. The van der Waals surface area contributed by atoms with Gasteiger partial charge in [0.1, 0.15) is 11.3 Å². The molecule has 1 aromatic carbocycles. The highest BCUT2D eigenvalue weighted by Gasteiger charge is 2.54. The van der Waals surface area contributed by atoms with Crippen LogP contribution in [0.5, 0.6) is 5.75 Å². The van der Waals surface area contributed by atoms with E-state index in [9.17, 15) is 9.59 Å². The van der Waals surface area contributed by atoms with Gasteiger partial charge in [-0.2, -0.15) is 0 Å². The quantitative estimate of drug-likeness (QED) is 0.706. The molecule has 4 rings (SSSR count). The Morgan fingerprint density at radius 3 is 2.26 bits per heavy atom. The zero-order valence-electron chi connectivity index (χ0n) is 19.1. The molecule has 1 N–H and O–H groups in total. The number of nitrogens with one attached hydrogen (secondary N) is 1. The molecule has 3 heterocycles. The van der Waals surface area contributed by atoms with E-state index in [1.54, 1.807) is 12.0 Å². The number of urea groups is 1. The third-order valence-electron chi connectivity index (χ3n) is 7.01. The minimum atomic E-state index is -0.676. The van der Waals surface area contributed by atoms with Crippen LogP contribution in [0.3, 0.4) is 0 Å². The summed E-state index contributed by atoms with van der Waals surface area (Å²) in [6.45, 7) is 9.90. The van der Waals surface area contributed by atoms with E-state index in [-0.39, 0.29) is 18.0 Å². The summed E-state index contributed by atoms with van der Waals surface area (Å²) in [6.07, 6.45) is 3.12. The second-order valence-electron chi connectivity index (χ2n) is 9.74. The molecule has 0 atom stereocenters. The molecule has 0 saturated carbocycles. The molecular formula is C24H36N4O3. The predicted octanol–water partition coefficient (Wildman–Crippen LogP) is 2.70. The van der Waals surface area contributed by atoms with Gasteiger partial charge in [0.2, 0.25) is 0 Å². The Kier molecular flexibility index (Phi) is 6.53. The first kappa shape index (κ1) is 22.1. The summed E-state index contributed by atoms with van der Waals surface area (Å²) in [5, 5.41) is 3.09. The molecule has 0 bridgehead atoms. The van der Waals surface area contributed by atoms with Crippen LogP contribution in [-0.2, 0) is 11.3 Å². The van der Waals surface area contributed by atoms with E-state index in [1.807, 2.05) is 12.1 Å². The molecule has 0 aliphatic carbocycles. The first-order valence-electron chi connectivity index (χ1n) is 11.6. The van der Waals surface area contributed by atoms with Crippen LogP contribution >= 0.6 is 0 Å². The van der Waals surface area contributed by atoms with Gasteiger partial charge in [-0.3, -0.25) is 14.6 Å². The van der Waals surface area contributed by atoms with Gasteiger partial charge in [-0.15, -0.1) is 0 Å². The largest absolute Gasteiger partial charge is 0.497 e. The molecule has 3 fully saturated rings. The number of ether oxygens (including phenoxy) is 1. The minimum Gasteiger partial charge on any atom is -0.497 e. The molecule has 7 heteroatoms. The van der Waals surface area contributed by atoms with E-state index in [4.69, 9.17) is 4.74 Å². The lowest BCUT2D eigenvalue weighted by atomic mass is 9.86. The van der Waals surface area contributed by atoms with Gasteiger partial charge in [0.05, 0.1) is 7.11 Å². The highest BCUT2D eigenvalue weighted by Crippen LogP contribution is 2.33. The summed E-state index contributed by atoms with van der Waals surface area (Å²) in [7, 11) is 1.68. The van der Waals surface area contributed by atoms with Crippen molar-refractivity contribution in [3.63, 3.8) is 0 Å². The van der Waals surface area contributed by atoms with Crippen LogP contribution < -0.4 is 10.1 Å². The topological polar surface area (TPSA) is 65.1 Å². The van der Waals surface area contributed by atoms with E-state index in [0.29, 0.717) is 5.92 Å². The van der Waals surface area contributed by atoms with Crippen LogP contribution in [0.1, 0.15) is 45.1 Å². The molecule has 1 spiro atoms. The van der Waals surface area contributed by atoms with Crippen molar-refractivity contribution in [3.8, 4) is 5.75 Å². The summed E-state index contributed by atoms with van der Waals surface area (Å²) in [6, 6.07) is 7.99. The summed E-state index contributed by atoms with van der Waals surface area (Å²) < 4.78 is 5.23. The molecule has 0 aromatic heterocycles.